The number of aromatic nitrogens is 1. The van der Waals surface area contributed by atoms with Crippen molar-refractivity contribution in [1.29, 1.82) is 0 Å². The van der Waals surface area contributed by atoms with Crippen LogP contribution in [0.2, 0.25) is 0 Å². The first kappa shape index (κ1) is 15.2. The largest absolute Gasteiger partial charge is 0.490 e. The van der Waals surface area contributed by atoms with Gasteiger partial charge in [-0.25, -0.2) is 18.6 Å². The third kappa shape index (κ3) is 2.79. The van der Waals surface area contributed by atoms with Gasteiger partial charge in [0, 0.05) is 6.07 Å². The van der Waals surface area contributed by atoms with Gasteiger partial charge in [-0.15, -0.1) is 0 Å². The molecule has 1 aromatic carbocycles. The third-order valence-electron chi connectivity index (χ3n) is 2.88. The van der Waals surface area contributed by atoms with Crippen LogP contribution in [0.25, 0.3) is 10.9 Å². The molecule has 0 saturated carbocycles. The molecular formula is C15H15F2NO3. The number of fused-ring (bicyclic) bond motifs is 1. The van der Waals surface area contributed by atoms with Crippen LogP contribution in [-0.2, 0) is 4.74 Å². The maximum absolute atomic E-state index is 14.3. The van der Waals surface area contributed by atoms with Crippen LogP contribution in [0.3, 0.4) is 0 Å². The van der Waals surface area contributed by atoms with Crippen LogP contribution >= 0.6 is 0 Å². The molecule has 2 rings (SSSR count). The third-order valence-corrected chi connectivity index (χ3v) is 2.88. The van der Waals surface area contributed by atoms with Gasteiger partial charge in [0.25, 0.3) is 0 Å². The Morgan fingerprint density at radius 3 is 2.52 bits per heavy atom. The first-order valence-corrected chi connectivity index (χ1v) is 6.39. The summed E-state index contributed by atoms with van der Waals surface area (Å²) in [5.41, 5.74) is -0.249. The highest BCUT2D eigenvalue weighted by atomic mass is 19.1. The molecule has 0 atom stereocenters. The van der Waals surface area contributed by atoms with Crippen LogP contribution in [0, 0.1) is 18.6 Å². The molecule has 0 spiro atoms. The molecule has 0 radical (unpaired) electrons. The SMILES string of the molecule is COC(=O)c1cc(OC(C)C)c2c(F)c(C)cc(F)c2n1. The Morgan fingerprint density at radius 1 is 1.29 bits per heavy atom. The number of hydrogen-bond donors (Lipinski definition) is 0. The van der Waals surface area contributed by atoms with Crippen molar-refractivity contribution in [2.24, 2.45) is 0 Å². The quantitative estimate of drug-likeness (QED) is 0.814. The molecule has 0 amide bonds. The highest BCUT2D eigenvalue weighted by Crippen LogP contribution is 2.32. The number of ether oxygens (including phenoxy) is 2. The van der Waals surface area contributed by atoms with Crippen LogP contribution in [0.4, 0.5) is 8.78 Å². The monoisotopic (exact) mass is 295 g/mol. The van der Waals surface area contributed by atoms with Crippen molar-refractivity contribution in [3.8, 4) is 5.75 Å². The van der Waals surface area contributed by atoms with E-state index in [9.17, 15) is 13.6 Å². The Morgan fingerprint density at radius 2 is 1.95 bits per heavy atom. The number of aryl methyl sites for hydroxylation is 1. The molecule has 0 saturated heterocycles. The lowest BCUT2D eigenvalue weighted by Gasteiger charge is -2.15. The van der Waals surface area contributed by atoms with Crippen molar-refractivity contribution in [3.05, 3.63) is 35.0 Å². The van der Waals surface area contributed by atoms with E-state index in [0.717, 1.165) is 6.07 Å². The molecular weight excluding hydrogens is 280 g/mol. The molecule has 2 aromatic rings. The Balaban J connectivity index is 2.84. The maximum Gasteiger partial charge on any atom is 0.356 e. The summed E-state index contributed by atoms with van der Waals surface area (Å²) in [4.78, 5) is 15.4. The van der Waals surface area contributed by atoms with Crippen LogP contribution < -0.4 is 4.74 Å². The van der Waals surface area contributed by atoms with E-state index in [4.69, 9.17) is 4.74 Å². The summed E-state index contributed by atoms with van der Waals surface area (Å²) in [5, 5.41) is -0.0751. The Kier molecular flexibility index (Phi) is 4.06. The summed E-state index contributed by atoms with van der Waals surface area (Å²) < 4.78 is 38.4. The average Bonchev–Trinajstić information content (AvgIpc) is 2.42. The standard InChI is InChI=1S/C15H15F2NO3/c1-7(2)21-11-6-10(15(19)20-4)18-14-9(16)5-8(3)13(17)12(11)14/h5-7H,1-4H3. The molecule has 0 N–H and O–H groups in total. The summed E-state index contributed by atoms with van der Waals surface area (Å²) in [6.45, 7) is 4.94. The summed E-state index contributed by atoms with van der Waals surface area (Å²) in [7, 11) is 1.18. The molecule has 1 aromatic heterocycles. The second-order valence-corrected chi connectivity index (χ2v) is 4.88. The van der Waals surface area contributed by atoms with E-state index in [-0.39, 0.29) is 34.0 Å². The lowest BCUT2D eigenvalue weighted by molar-refractivity contribution is 0.0593. The predicted molar refractivity (Wildman–Crippen MR) is 73.5 cm³/mol. The van der Waals surface area contributed by atoms with Crippen LogP contribution in [-0.4, -0.2) is 24.2 Å². The summed E-state index contributed by atoms with van der Waals surface area (Å²) in [6.07, 6.45) is -0.274. The van der Waals surface area contributed by atoms with Crippen molar-refractivity contribution >= 4 is 16.9 Å². The zero-order valence-electron chi connectivity index (χ0n) is 12.2. The van der Waals surface area contributed by atoms with Crippen LogP contribution in [0.5, 0.6) is 5.75 Å². The molecule has 0 aliphatic rings. The van der Waals surface area contributed by atoms with Gasteiger partial charge in [-0.3, -0.25) is 0 Å². The van der Waals surface area contributed by atoms with Gasteiger partial charge in [-0.1, -0.05) is 0 Å². The fourth-order valence-electron chi connectivity index (χ4n) is 1.98. The number of nitrogens with zero attached hydrogens (tertiary/aromatic N) is 1. The number of halogens is 2. The van der Waals surface area contributed by atoms with Crippen LogP contribution in [0.15, 0.2) is 12.1 Å². The predicted octanol–water partition coefficient (Wildman–Crippen LogP) is 3.40. The molecule has 1 heterocycles. The minimum absolute atomic E-state index is 0.0653. The van der Waals surface area contributed by atoms with Crippen LogP contribution in [0.1, 0.15) is 29.9 Å². The van der Waals surface area contributed by atoms with E-state index >= 15 is 0 Å². The number of rotatable bonds is 3. The highest BCUT2D eigenvalue weighted by Gasteiger charge is 2.20. The van der Waals surface area contributed by atoms with E-state index in [1.165, 1.54) is 20.1 Å². The van der Waals surface area contributed by atoms with Crippen molar-refractivity contribution in [2.75, 3.05) is 7.11 Å². The van der Waals surface area contributed by atoms with Gasteiger partial charge in [-0.05, 0) is 32.4 Å². The van der Waals surface area contributed by atoms with E-state index in [2.05, 4.69) is 9.72 Å². The number of esters is 1. The smallest absolute Gasteiger partial charge is 0.356 e. The fourth-order valence-corrected chi connectivity index (χ4v) is 1.98. The lowest BCUT2D eigenvalue weighted by Crippen LogP contribution is -2.11. The number of methoxy groups -OCH3 is 1. The fraction of sp³-hybridized carbons (Fsp3) is 0.333. The van der Waals surface area contributed by atoms with Gasteiger partial charge >= 0.3 is 5.97 Å². The van der Waals surface area contributed by atoms with E-state index in [1.807, 2.05) is 0 Å². The molecule has 0 aliphatic carbocycles. The number of benzene rings is 1. The second-order valence-electron chi connectivity index (χ2n) is 4.88. The molecule has 0 bridgehead atoms. The van der Waals surface area contributed by atoms with Gasteiger partial charge in [0.05, 0.1) is 18.6 Å². The topological polar surface area (TPSA) is 48.4 Å². The van der Waals surface area contributed by atoms with Gasteiger partial charge < -0.3 is 9.47 Å². The van der Waals surface area contributed by atoms with Crippen molar-refractivity contribution in [3.63, 3.8) is 0 Å². The Hall–Kier alpha value is -2.24. The summed E-state index contributed by atoms with van der Waals surface area (Å²) in [5.74, 6) is -2.02. The zero-order valence-corrected chi connectivity index (χ0v) is 12.2. The van der Waals surface area contributed by atoms with E-state index in [0.29, 0.717) is 0 Å². The summed E-state index contributed by atoms with van der Waals surface area (Å²) >= 11 is 0. The van der Waals surface area contributed by atoms with E-state index < -0.39 is 17.6 Å². The van der Waals surface area contributed by atoms with Crippen molar-refractivity contribution in [2.45, 2.75) is 26.9 Å². The van der Waals surface area contributed by atoms with E-state index in [1.54, 1.807) is 13.8 Å². The molecule has 0 unspecified atom stereocenters. The number of carbonyl (C=O) groups excluding carboxylic acids is 1. The number of carbonyl (C=O) groups is 1. The second kappa shape index (κ2) is 5.63. The molecule has 112 valence electrons. The molecule has 4 nitrogen and oxygen atoms in total. The van der Waals surface area contributed by atoms with Gasteiger partial charge in [0.15, 0.2) is 5.69 Å². The molecule has 21 heavy (non-hydrogen) atoms. The lowest BCUT2D eigenvalue weighted by atomic mass is 10.1. The molecule has 6 heteroatoms. The van der Waals surface area contributed by atoms with Gasteiger partial charge in [0.2, 0.25) is 0 Å². The van der Waals surface area contributed by atoms with Gasteiger partial charge in [0.1, 0.15) is 22.9 Å². The van der Waals surface area contributed by atoms with Gasteiger partial charge in [-0.2, -0.15) is 0 Å². The normalized spacial score (nSPS) is 11.0. The molecule has 0 fully saturated rings. The highest BCUT2D eigenvalue weighted by molar-refractivity contribution is 5.94. The minimum Gasteiger partial charge on any atom is -0.490 e. The number of hydrogen-bond acceptors (Lipinski definition) is 4. The first-order chi connectivity index (χ1) is 9.85. The maximum atomic E-state index is 14.3. The number of pyridine rings is 1. The van der Waals surface area contributed by atoms with Crippen molar-refractivity contribution in [1.82, 2.24) is 4.98 Å². The molecule has 0 aliphatic heterocycles. The summed E-state index contributed by atoms with van der Waals surface area (Å²) in [6, 6.07) is 2.29. The Labute approximate surface area is 120 Å². The average molecular weight is 295 g/mol. The minimum atomic E-state index is -0.745. The Bertz CT molecular complexity index is 714. The first-order valence-electron chi connectivity index (χ1n) is 6.39. The zero-order chi connectivity index (χ0) is 15.7. The van der Waals surface area contributed by atoms with Crippen molar-refractivity contribution < 1.29 is 23.0 Å².